The molecule has 1 N–H and O–H groups in total. The third-order valence-electron chi connectivity index (χ3n) is 3.19. The van der Waals surface area contributed by atoms with Crippen LogP contribution in [0, 0.1) is 5.92 Å². The van der Waals surface area contributed by atoms with Gasteiger partial charge in [-0.25, -0.2) is 8.42 Å². The van der Waals surface area contributed by atoms with Crippen molar-refractivity contribution in [1.29, 1.82) is 0 Å². The summed E-state index contributed by atoms with van der Waals surface area (Å²) in [4.78, 5) is 10.8. The number of nitrogens with zero attached hydrogens (tertiary/aromatic N) is 1. The van der Waals surface area contributed by atoms with Crippen molar-refractivity contribution in [2.24, 2.45) is 5.92 Å². The summed E-state index contributed by atoms with van der Waals surface area (Å²) >= 11 is 0. The van der Waals surface area contributed by atoms with Gasteiger partial charge in [0.25, 0.3) is 0 Å². The second-order valence-corrected chi connectivity index (χ2v) is 6.31. The summed E-state index contributed by atoms with van der Waals surface area (Å²) in [5.41, 5.74) is 0. The summed E-state index contributed by atoms with van der Waals surface area (Å²) in [7, 11) is -0.820. The Morgan fingerprint density at radius 1 is 1.25 bits per heavy atom. The number of aliphatic carboxylic acids is 1. The summed E-state index contributed by atoms with van der Waals surface area (Å²) in [6.45, 7) is -0.0159. The van der Waals surface area contributed by atoms with Gasteiger partial charge in [-0.2, -0.15) is 4.31 Å². The van der Waals surface area contributed by atoms with Crippen molar-refractivity contribution in [2.75, 3.05) is 27.3 Å². The number of hydrogen-bond donors (Lipinski definition) is 1. The average molecular weight is 301 g/mol. The van der Waals surface area contributed by atoms with Crippen molar-refractivity contribution in [1.82, 2.24) is 4.31 Å². The Bertz CT molecular complexity index is 621. The quantitative estimate of drug-likeness (QED) is 0.846. The Morgan fingerprint density at radius 3 is 2.35 bits per heavy atom. The zero-order chi connectivity index (χ0) is 14.9. The van der Waals surface area contributed by atoms with E-state index in [2.05, 4.69) is 0 Å². The fraction of sp³-hybridized carbons (Fsp3) is 0.417. The first kappa shape index (κ1) is 14.6. The van der Waals surface area contributed by atoms with Crippen molar-refractivity contribution < 1.29 is 27.8 Å². The number of sulfonamides is 1. The van der Waals surface area contributed by atoms with Crippen molar-refractivity contribution in [3.05, 3.63) is 18.2 Å². The molecule has 110 valence electrons. The van der Waals surface area contributed by atoms with Crippen LogP contribution in [0.5, 0.6) is 11.5 Å². The first-order chi connectivity index (χ1) is 9.40. The van der Waals surface area contributed by atoms with Crippen LogP contribution < -0.4 is 9.47 Å². The Balaban J connectivity index is 2.25. The van der Waals surface area contributed by atoms with E-state index >= 15 is 0 Å². The van der Waals surface area contributed by atoms with Gasteiger partial charge in [0, 0.05) is 19.2 Å². The van der Waals surface area contributed by atoms with E-state index in [9.17, 15) is 13.2 Å². The maximum atomic E-state index is 12.3. The number of benzene rings is 1. The van der Waals surface area contributed by atoms with Crippen molar-refractivity contribution >= 4 is 16.0 Å². The van der Waals surface area contributed by atoms with Gasteiger partial charge in [0.15, 0.2) is 11.5 Å². The molecule has 1 saturated heterocycles. The molecule has 0 amide bonds. The molecule has 0 atom stereocenters. The number of carboxylic acids is 1. The van der Waals surface area contributed by atoms with E-state index in [0.717, 1.165) is 4.31 Å². The Labute approximate surface area is 116 Å². The third-order valence-corrected chi connectivity index (χ3v) is 5.02. The Kier molecular flexibility index (Phi) is 3.87. The van der Waals surface area contributed by atoms with Crippen molar-refractivity contribution in [3.8, 4) is 11.5 Å². The molecule has 1 fully saturated rings. The molecule has 1 aromatic rings. The van der Waals surface area contributed by atoms with Gasteiger partial charge in [-0.15, -0.1) is 0 Å². The zero-order valence-corrected chi connectivity index (χ0v) is 11.9. The molecule has 0 aliphatic carbocycles. The van der Waals surface area contributed by atoms with Crippen molar-refractivity contribution in [3.63, 3.8) is 0 Å². The summed E-state index contributed by atoms with van der Waals surface area (Å²) in [6.07, 6.45) is 0. The average Bonchev–Trinajstić information content (AvgIpc) is 2.35. The lowest BCUT2D eigenvalue weighted by Gasteiger charge is -2.35. The molecule has 8 heteroatoms. The van der Waals surface area contributed by atoms with E-state index in [-0.39, 0.29) is 18.0 Å². The van der Waals surface area contributed by atoms with E-state index in [4.69, 9.17) is 14.6 Å². The molecular formula is C12H15NO6S. The summed E-state index contributed by atoms with van der Waals surface area (Å²) in [6, 6.07) is 4.27. The minimum atomic E-state index is -3.69. The molecule has 1 aliphatic heterocycles. The van der Waals surface area contributed by atoms with Gasteiger partial charge in [0.2, 0.25) is 10.0 Å². The van der Waals surface area contributed by atoms with Gasteiger partial charge in [-0.3, -0.25) is 4.79 Å². The minimum absolute atomic E-state index is 0.00793. The molecule has 0 bridgehead atoms. The van der Waals surface area contributed by atoms with E-state index in [1.807, 2.05) is 0 Å². The highest BCUT2D eigenvalue weighted by Gasteiger charge is 2.40. The van der Waals surface area contributed by atoms with Gasteiger partial charge in [0.1, 0.15) is 0 Å². The molecule has 20 heavy (non-hydrogen) atoms. The topological polar surface area (TPSA) is 93.1 Å². The lowest BCUT2D eigenvalue weighted by Crippen LogP contribution is -2.52. The Morgan fingerprint density at radius 2 is 1.85 bits per heavy atom. The fourth-order valence-corrected chi connectivity index (χ4v) is 3.46. The van der Waals surface area contributed by atoms with E-state index in [1.54, 1.807) is 0 Å². The molecule has 1 aliphatic rings. The SMILES string of the molecule is COc1ccc(S(=O)(=O)N2CC(C(=O)O)C2)cc1OC. The molecule has 0 unspecified atom stereocenters. The van der Waals surface area contributed by atoms with E-state index in [1.165, 1.54) is 32.4 Å². The third kappa shape index (κ3) is 2.44. The standard InChI is InChI=1S/C12H15NO6S/c1-18-10-4-3-9(5-11(10)19-2)20(16,17)13-6-8(7-13)12(14)15/h3-5,8H,6-7H2,1-2H3,(H,14,15). The van der Waals surface area contributed by atoms with Gasteiger partial charge in [-0.1, -0.05) is 0 Å². The maximum absolute atomic E-state index is 12.3. The smallest absolute Gasteiger partial charge is 0.309 e. The molecule has 0 spiro atoms. The maximum Gasteiger partial charge on any atom is 0.309 e. The lowest BCUT2D eigenvalue weighted by atomic mass is 10.0. The predicted octanol–water partition coefficient (Wildman–Crippen LogP) is 0.409. The van der Waals surface area contributed by atoms with Crippen LogP contribution in [0.2, 0.25) is 0 Å². The second kappa shape index (κ2) is 5.29. The largest absolute Gasteiger partial charge is 0.493 e. The molecule has 0 aromatic heterocycles. The minimum Gasteiger partial charge on any atom is -0.493 e. The Hall–Kier alpha value is -1.80. The predicted molar refractivity (Wildman–Crippen MR) is 69.4 cm³/mol. The molecule has 2 rings (SSSR count). The molecular weight excluding hydrogens is 286 g/mol. The van der Waals surface area contributed by atoms with Crippen LogP contribution in [-0.4, -0.2) is 51.1 Å². The van der Waals surface area contributed by atoms with Crippen LogP contribution >= 0.6 is 0 Å². The summed E-state index contributed by atoms with van der Waals surface area (Å²) in [5.74, 6) is -0.879. The number of carbonyl (C=O) groups is 1. The number of ether oxygens (including phenoxy) is 2. The van der Waals surface area contributed by atoms with Crippen LogP contribution in [0.15, 0.2) is 23.1 Å². The van der Waals surface area contributed by atoms with Gasteiger partial charge >= 0.3 is 5.97 Å². The van der Waals surface area contributed by atoms with Gasteiger partial charge in [0.05, 0.1) is 25.0 Å². The second-order valence-electron chi connectivity index (χ2n) is 4.37. The zero-order valence-electron chi connectivity index (χ0n) is 11.1. The molecule has 0 saturated carbocycles. The lowest BCUT2D eigenvalue weighted by molar-refractivity contribution is -0.145. The highest BCUT2D eigenvalue weighted by Crippen LogP contribution is 2.32. The highest BCUT2D eigenvalue weighted by molar-refractivity contribution is 7.89. The summed E-state index contributed by atoms with van der Waals surface area (Å²) < 4.78 is 35.8. The van der Waals surface area contributed by atoms with E-state index in [0.29, 0.717) is 11.5 Å². The normalized spacial score (nSPS) is 16.5. The summed E-state index contributed by atoms with van der Waals surface area (Å²) in [5, 5.41) is 8.78. The molecule has 1 aromatic carbocycles. The van der Waals surface area contributed by atoms with Crippen LogP contribution in [0.3, 0.4) is 0 Å². The van der Waals surface area contributed by atoms with Crippen LogP contribution in [0.4, 0.5) is 0 Å². The first-order valence-electron chi connectivity index (χ1n) is 5.85. The highest BCUT2D eigenvalue weighted by atomic mass is 32.2. The van der Waals surface area contributed by atoms with E-state index < -0.39 is 21.9 Å². The first-order valence-corrected chi connectivity index (χ1v) is 7.29. The number of carboxylic acid groups (broad SMARTS) is 1. The number of rotatable bonds is 5. The van der Waals surface area contributed by atoms with Crippen LogP contribution in [-0.2, 0) is 14.8 Å². The van der Waals surface area contributed by atoms with Gasteiger partial charge in [-0.05, 0) is 12.1 Å². The van der Waals surface area contributed by atoms with Crippen LogP contribution in [0.1, 0.15) is 0 Å². The molecule has 7 nitrogen and oxygen atoms in total. The molecule has 0 radical (unpaired) electrons. The monoisotopic (exact) mass is 301 g/mol. The van der Waals surface area contributed by atoms with Crippen molar-refractivity contribution in [2.45, 2.75) is 4.90 Å². The van der Waals surface area contributed by atoms with Gasteiger partial charge < -0.3 is 14.6 Å². The number of methoxy groups -OCH3 is 2. The fourth-order valence-electron chi connectivity index (χ4n) is 1.92. The van der Waals surface area contributed by atoms with Crippen LogP contribution in [0.25, 0.3) is 0 Å². The molecule has 1 heterocycles. The number of hydrogen-bond acceptors (Lipinski definition) is 5.